The molecule has 12 heteroatoms. The summed E-state index contributed by atoms with van der Waals surface area (Å²) in [6.45, 7) is 0. The number of hydrogen-bond donors (Lipinski definition) is 1. The smallest absolute Gasteiger partial charge is 0.332 e. The summed E-state index contributed by atoms with van der Waals surface area (Å²) in [6.07, 6.45) is 0. The highest BCUT2D eigenvalue weighted by atomic mass is 32.2. The zero-order chi connectivity index (χ0) is 24.7. The molecule has 0 saturated heterocycles. The van der Waals surface area contributed by atoms with E-state index in [1.54, 1.807) is 18.2 Å². The Morgan fingerprint density at radius 1 is 1.03 bits per heavy atom. The molecule has 4 rings (SSSR count). The molecule has 2 N–H and O–H groups in total. The molecule has 0 bridgehead atoms. The minimum absolute atomic E-state index is 0.0530. The van der Waals surface area contributed by atoms with Gasteiger partial charge in [-0.25, -0.2) is 18.6 Å². The highest BCUT2D eigenvalue weighted by Gasteiger charge is 2.22. The molecule has 0 aliphatic heterocycles. The number of para-hydroxylation sites is 1. The van der Waals surface area contributed by atoms with E-state index in [4.69, 9.17) is 5.73 Å². The minimum atomic E-state index is -0.997. The Balaban J connectivity index is 1.83. The number of carbonyl (C=O) groups is 1. The normalized spacial score (nSPS) is 11.2. The van der Waals surface area contributed by atoms with E-state index in [9.17, 15) is 28.0 Å². The Labute approximate surface area is 194 Å². The van der Waals surface area contributed by atoms with Crippen LogP contribution in [0.2, 0.25) is 0 Å². The van der Waals surface area contributed by atoms with Gasteiger partial charge in [-0.05, 0) is 24.3 Å². The van der Waals surface area contributed by atoms with Crippen molar-refractivity contribution in [2.24, 2.45) is 14.1 Å². The van der Waals surface area contributed by atoms with Gasteiger partial charge < -0.3 is 5.73 Å². The van der Waals surface area contributed by atoms with E-state index < -0.39 is 40.0 Å². The van der Waals surface area contributed by atoms with Gasteiger partial charge in [0.25, 0.3) is 11.1 Å². The zero-order valence-electron chi connectivity index (χ0n) is 17.9. The second-order valence-electron chi connectivity index (χ2n) is 7.33. The summed E-state index contributed by atoms with van der Waals surface area (Å²) < 4.78 is 30.7. The lowest BCUT2D eigenvalue weighted by Gasteiger charge is -2.14. The van der Waals surface area contributed by atoms with E-state index in [2.05, 4.69) is 4.98 Å². The summed E-state index contributed by atoms with van der Waals surface area (Å²) in [5, 5.41) is 0.140. The maximum absolute atomic E-state index is 14.6. The number of thioether (sulfide) groups is 1. The number of aromatic nitrogens is 4. The predicted molar refractivity (Wildman–Crippen MR) is 124 cm³/mol. The van der Waals surface area contributed by atoms with Gasteiger partial charge in [0, 0.05) is 20.2 Å². The van der Waals surface area contributed by atoms with Crippen molar-refractivity contribution in [1.82, 2.24) is 18.7 Å². The van der Waals surface area contributed by atoms with E-state index in [0.717, 1.165) is 37.6 Å². The molecule has 0 fully saturated rings. The van der Waals surface area contributed by atoms with Crippen LogP contribution < -0.4 is 22.5 Å². The molecule has 2 heterocycles. The van der Waals surface area contributed by atoms with Gasteiger partial charge in [-0.2, -0.15) is 0 Å². The number of Topliss-reactive ketones (excluding diaryl/α,β-unsaturated/α-hetero) is 1. The molecule has 4 aromatic rings. The summed E-state index contributed by atoms with van der Waals surface area (Å²) >= 11 is 0.771. The van der Waals surface area contributed by atoms with E-state index in [1.165, 1.54) is 20.2 Å². The van der Waals surface area contributed by atoms with Gasteiger partial charge in [-0.15, -0.1) is 0 Å². The quantitative estimate of drug-likeness (QED) is 0.259. The van der Waals surface area contributed by atoms with Crippen LogP contribution in [0.25, 0.3) is 16.6 Å². The second-order valence-corrected chi connectivity index (χ2v) is 8.27. The second kappa shape index (κ2) is 8.71. The standard InChI is InChI=1S/C22H17F2N5O4S/c1-27-18(25)17(20(32)28(2)22(27)33)16(30)10-34-21-26-14-6-4-3-5-12(14)19(31)29(21)15-8-7-11(23)9-13(15)24/h3-9H,10,25H2,1-2H3. The first-order chi connectivity index (χ1) is 16.1. The average molecular weight is 485 g/mol. The van der Waals surface area contributed by atoms with Gasteiger partial charge in [-0.1, -0.05) is 23.9 Å². The van der Waals surface area contributed by atoms with Crippen molar-refractivity contribution in [3.05, 3.63) is 90.9 Å². The van der Waals surface area contributed by atoms with Crippen molar-refractivity contribution in [2.45, 2.75) is 5.16 Å². The molecule has 174 valence electrons. The lowest BCUT2D eigenvalue weighted by Crippen LogP contribution is -2.41. The van der Waals surface area contributed by atoms with E-state index >= 15 is 0 Å². The van der Waals surface area contributed by atoms with Crippen LogP contribution in [-0.4, -0.2) is 30.2 Å². The van der Waals surface area contributed by atoms with Gasteiger partial charge in [0.05, 0.1) is 22.3 Å². The molecule has 0 aliphatic rings. The molecule has 9 nitrogen and oxygen atoms in total. The molecule has 0 amide bonds. The molecule has 0 spiro atoms. The molecular weight excluding hydrogens is 468 g/mol. The summed E-state index contributed by atoms with van der Waals surface area (Å²) in [5.74, 6) is -3.23. The third kappa shape index (κ3) is 3.81. The number of hydrogen-bond acceptors (Lipinski definition) is 7. The largest absolute Gasteiger partial charge is 0.384 e. The Morgan fingerprint density at radius 2 is 1.74 bits per heavy atom. The van der Waals surface area contributed by atoms with Crippen LogP contribution in [-0.2, 0) is 14.1 Å². The highest BCUT2D eigenvalue weighted by molar-refractivity contribution is 7.99. The molecule has 2 aromatic heterocycles. The number of nitrogens with zero attached hydrogens (tertiary/aromatic N) is 4. The van der Waals surface area contributed by atoms with Crippen LogP contribution in [0.5, 0.6) is 0 Å². The van der Waals surface area contributed by atoms with Crippen LogP contribution in [0.3, 0.4) is 0 Å². The number of rotatable bonds is 5. The van der Waals surface area contributed by atoms with Crippen molar-refractivity contribution in [3.8, 4) is 5.69 Å². The first-order valence-electron chi connectivity index (χ1n) is 9.80. The zero-order valence-corrected chi connectivity index (χ0v) is 18.7. The van der Waals surface area contributed by atoms with Gasteiger partial charge in [0.2, 0.25) is 0 Å². The number of nitrogen functional groups attached to an aromatic ring is 1. The summed E-state index contributed by atoms with van der Waals surface area (Å²) in [4.78, 5) is 55.0. The minimum Gasteiger partial charge on any atom is -0.384 e. The van der Waals surface area contributed by atoms with Gasteiger partial charge in [-0.3, -0.25) is 28.1 Å². The summed E-state index contributed by atoms with van der Waals surface area (Å²) in [5.41, 5.74) is 3.33. The monoisotopic (exact) mass is 485 g/mol. The maximum Gasteiger partial charge on any atom is 0.332 e. The summed E-state index contributed by atoms with van der Waals surface area (Å²) in [7, 11) is 2.54. The lowest BCUT2D eigenvalue weighted by molar-refractivity contribution is 0.102. The fourth-order valence-corrected chi connectivity index (χ4v) is 4.29. The third-order valence-corrected chi connectivity index (χ3v) is 6.16. The van der Waals surface area contributed by atoms with Crippen molar-refractivity contribution >= 4 is 34.3 Å². The Morgan fingerprint density at radius 3 is 2.44 bits per heavy atom. The van der Waals surface area contributed by atoms with Crippen LogP contribution in [0.15, 0.2) is 62.0 Å². The Kier molecular flexibility index (Phi) is 5.92. The number of anilines is 1. The van der Waals surface area contributed by atoms with Crippen LogP contribution in [0.4, 0.5) is 14.6 Å². The Bertz CT molecular complexity index is 1660. The SMILES string of the molecule is Cn1c(N)c(C(=O)CSc2nc3ccccc3c(=O)n2-c2ccc(F)cc2F)c(=O)n(C)c1=O. The Hall–Kier alpha value is -4.06. The van der Waals surface area contributed by atoms with Gasteiger partial charge >= 0.3 is 5.69 Å². The third-order valence-electron chi connectivity index (χ3n) is 5.22. The lowest BCUT2D eigenvalue weighted by atomic mass is 10.2. The van der Waals surface area contributed by atoms with Crippen molar-refractivity contribution < 1.29 is 13.6 Å². The van der Waals surface area contributed by atoms with Crippen molar-refractivity contribution in [1.29, 1.82) is 0 Å². The fourth-order valence-electron chi connectivity index (χ4n) is 3.41. The van der Waals surface area contributed by atoms with Gasteiger partial charge in [0.15, 0.2) is 10.9 Å². The number of carbonyl (C=O) groups excluding carboxylic acids is 1. The number of benzene rings is 2. The van der Waals surface area contributed by atoms with Crippen LogP contribution >= 0.6 is 11.8 Å². The van der Waals surface area contributed by atoms with Crippen molar-refractivity contribution in [3.63, 3.8) is 0 Å². The number of fused-ring (bicyclic) bond motifs is 1. The fraction of sp³-hybridized carbons (Fsp3) is 0.136. The molecule has 0 atom stereocenters. The van der Waals surface area contributed by atoms with E-state index in [1.807, 2.05) is 0 Å². The van der Waals surface area contributed by atoms with Crippen LogP contribution in [0.1, 0.15) is 10.4 Å². The van der Waals surface area contributed by atoms with Crippen LogP contribution in [0, 0.1) is 11.6 Å². The molecule has 0 saturated carbocycles. The molecule has 0 unspecified atom stereocenters. The molecule has 2 aromatic carbocycles. The number of nitrogens with two attached hydrogens (primary N) is 1. The molecule has 34 heavy (non-hydrogen) atoms. The number of ketones is 1. The van der Waals surface area contributed by atoms with Crippen molar-refractivity contribution in [2.75, 3.05) is 11.5 Å². The highest BCUT2D eigenvalue weighted by Crippen LogP contribution is 2.24. The maximum atomic E-state index is 14.6. The first-order valence-corrected chi connectivity index (χ1v) is 10.8. The van der Waals surface area contributed by atoms with E-state index in [-0.39, 0.29) is 27.6 Å². The summed E-state index contributed by atoms with van der Waals surface area (Å²) in [6, 6.07) is 9.08. The molecule has 0 radical (unpaired) electrons. The predicted octanol–water partition coefficient (Wildman–Crippen LogP) is 1.62. The van der Waals surface area contributed by atoms with Gasteiger partial charge in [0.1, 0.15) is 23.0 Å². The number of halogens is 2. The van der Waals surface area contributed by atoms with E-state index in [0.29, 0.717) is 11.6 Å². The topological polar surface area (TPSA) is 122 Å². The first kappa shape index (κ1) is 23.1. The average Bonchev–Trinajstić information content (AvgIpc) is 2.81. The molecular formula is C22H17F2N5O4S. The molecule has 0 aliphatic carbocycles.